The zero-order valence-electron chi connectivity index (χ0n) is 12.4. The second-order valence-corrected chi connectivity index (χ2v) is 7.02. The highest BCUT2D eigenvalue weighted by molar-refractivity contribution is 6.35. The summed E-state index contributed by atoms with van der Waals surface area (Å²) < 4.78 is 0. The normalized spacial score (nSPS) is 23.6. The summed E-state index contributed by atoms with van der Waals surface area (Å²) in [5.74, 6) is 0.868. The molecule has 0 aliphatic carbocycles. The van der Waals surface area contributed by atoms with Crippen LogP contribution in [0.5, 0.6) is 0 Å². The molecule has 0 saturated carbocycles. The van der Waals surface area contributed by atoms with Gasteiger partial charge >= 0.3 is 0 Å². The van der Waals surface area contributed by atoms with Gasteiger partial charge in [0.15, 0.2) is 0 Å². The Morgan fingerprint density at radius 1 is 1.27 bits per heavy atom. The zero-order chi connectivity index (χ0) is 15.3. The quantitative estimate of drug-likeness (QED) is 0.817. The summed E-state index contributed by atoms with van der Waals surface area (Å²) in [6.07, 6.45) is 5.42. The fourth-order valence-electron chi connectivity index (χ4n) is 3.77. The van der Waals surface area contributed by atoms with Gasteiger partial charge in [0.25, 0.3) is 0 Å². The summed E-state index contributed by atoms with van der Waals surface area (Å²) in [4.78, 5) is 11.6. The molecule has 1 saturated heterocycles. The Hall–Kier alpha value is -1.16. The first-order chi connectivity index (χ1) is 10.6. The SMILES string of the molecule is Cc1ncc2c(n1)C[C@H]1CC[C@H]2N1Cc1ccc(Cl)cc1Cl. The Kier molecular flexibility index (Phi) is 3.60. The van der Waals surface area contributed by atoms with Crippen LogP contribution < -0.4 is 0 Å². The van der Waals surface area contributed by atoms with Gasteiger partial charge in [-0.3, -0.25) is 4.90 Å². The molecule has 4 rings (SSSR count). The zero-order valence-corrected chi connectivity index (χ0v) is 13.9. The topological polar surface area (TPSA) is 29.0 Å². The molecule has 3 heterocycles. The molecule has 0 radical (unpaired) electrons. The molecule has 5 heteroatoms. The molecular weight excluding hydrogens is 317 g/mol. The third-order valence-electron chi connectivity index (χ3n) is 4.82. The van der Waals surface area contributed by atoms with Crippen LogP contribution in [0.25, 0.3) is 0 Å². The smallest absolute Gasteiger partial charge is 0.125 e. The lowest BCUT2D eigenvalue weighted by Gasteiger charge is -2.35. The van der Waals surface area contributed by atoms with Crippen LogP contribution in [0.15, 0.2) is 24.4 Å². The lowest BCUT2D eigenvalue weighted by molar-refractivity contribution is 0.166. The van der Waals surface area contributed by atoms with E-state index in [4.69, 9.17) is 23.2 Å². The van der Waals surface area contributed by atoms with Gasteiger partial charge in [-0.2, -0.15) is 0 Å². The monoisotopic (exact) mass is 333 g/mol. The highest BCUT2D eigenvalue weighted by Crippen LogP contribution is 2.44. The van der Waals surface area contributed by atoms with Crippen LogP contribution in [-0.2, 0) is 13.0 Å². The lowest BCUT2D eigenvalue weighted by Crippen LogP contribution is -2.37. The summed E-state index contributed by atoms with van der Waals surface area (Å²) in [5, 5.41) is 1.43. The largest absolute Gasteiger partial charge is 0.289 e. The second kappa shape index (κ2) is 5.48. The minimum atomic E-state index is 0.418. The molecular formula is C17H17Cl2N3. The molecule has 2 atom stereocenters. The third-order valence-corrected chi connectivity index (χ3v) is 5.41. The Bertz CT molecular complexity index is 732. The van der Waals surface area contributed by atoms with Crippen molar-refractivity contribution in [3.63, 3.8) is 0 Å². The maximum atomic E-state index is 6.35. The van der Waals surface area contributed by atoms with Crippen molar-refractivity contribution >= 4 is 23.2 Å². The minimum absolute atomic E-state index is 0.418. The van der Waals surface area contributed by atoms with Crippen molar-refractivity contribution in [3.8, 4) is 0 Å². The number of aryl methyl sites for hydroxylation is 1. The van der Waals surface area contributed by atoms with E-state index in [-0.39, 0.29) is 0 Å². The Balaban J connectivity index is 1.65. The van der Waals surface area contributed by atoms with Crippen LogP contribution >= 0.6 is 23.2 Å². The van der Waals surface area contributed by atoms with Crippen molar-refractivity contribution in [2.24, 2.45) is 0 Å². The van der Waals surface area contributed by atoms with Gasteiger partial charge in [0.1, 0.15) is 5.82 Å². The number of benzene rings is 1. The van der Waals surface area contributed by atoms with Crippen molar-refractivity contribution in [1.29, 1.82) is 0 Å². The number of nitrogens with zero attached hydrogens (tertiary/aromatic N) is 3. The van der Waals surface area contributed by atoms with Crippen LogP contribution in [0, 0.1) is 6.92 Å². The molecule has 2 aliphatic heterocycles. The van der Waals surface area contributed by atoms with Crippen LogP contribution in [0.1, 0.15) is 41.5 Å². The summed E-state index contributed by atoms with van der Waals surface area (Å²) in [7, 11) is 0. The van der Waals surface area contributed by atoms with Gasteiger partial charge in [0.05, 0.1) is 5.69 Å². The van der Waals surface area contributed by atoms with Crippen molar-refractivity contribution < 1.29 is 0 Å². The molecule has 3 nitrogen and oxygen atoms in total. The fraction of sp³-hybridized carbons (Fsp3) is 0.412. The van der Waals surface area contributed by atoms with E-state index < -0.39 is 0 Å². The summed E-state index contributed by atoms with van der Waals surface area (Å²) >= 11 is 12.3. The summed E-state index contributed by atoms with van der Waals surface area (Å²) in [6, 6.07) is 6.74. The van der Waals surface area contributed by atoms with Crippen molar-refractivity contribution in [2.75, 3.05) is 0 Å². The predicted octanol–water partition coefficient (Wildman–Crippen LogP) is 4.35. The van der Waals surface area contributed by atoms with E-state index >= 15 is 0 Å². The molecule has 114 valence electrons. The standard InChI is InChI=1S/C17H17Cl2N3/c1-10-20-8-14-16(21-10)7-13-4-5-17(14)22(13)9-11-2-3-12(18)6-15(11)19/h2-3,6,8,13,17H,4-5,7,9H2,1H3/t13-,17-/m1/s1. The first kappa shape index (κ1) is 14.4. The number of fused-ring (bicyclic) bond motifs is 4. The molecule has 2 bridgehead atoms. The van der Waals surface area contributed by atoms with Crippen LogP contribution in [0.2, 0.25) is 10.0 Å². The fourth-order valence-corrected chi connectivity index (χ4v) is 4.24. The number of rotatable bonds is 2. The van der Waals surface area contributed by atoms with E-state index in [9.17, 15) is 0 Å². The van der Waals surface area contributed by atoms with Crippen molar-refractivity contribution in [1.82, 2.24) is 14.9 Å². The Morgan fingerprint density at radius 2 is 2.14 bits per heavy atom. The van der Waals surface area contributed by atoms with Crippen molar-refractivity contribution in [3.05, 3.63) is 57.1 Å². The maximum absolute atomic E-state index is 6.35. The van der Waals surface area contributed by atoms with Gasteiger partial charge in [0.2, 0.25) is 0 Å². The van der Waals surface area contributed by atoms with Gasteiger partial charge in [-0.05, 0) is 37.5 Å². The number of halogens is 2. The first-order valence-corrected chi connectivity index (χ1v) is 8.39. The molecule has 0 spiro atoms. The van der Waals surface area contributed by atoms with E-state index in [1.165, 1.54) is 24.1 Å². The average molecular weight is 334 g/mol. The summed E-state index contributed by atoms with van der Waals surface area (Å²) in [5.41, 5.74) is 3.67. The molecule has 0 amide bonds. The predicted molar refractivity (Wildman–Crippen MR) is 88.2 cm³/mol. The van der Waals surface area contributed by atoms with Gasteiger partial charge in [-0.25, -0.2) is 9.97 Å². The van der Waals surface area contributed by atoms with Gasteiger partial charge in [0, 0.05) is 46.9 Å². The van der Waals surface area contributed by atoms with E-state index in [1.54, 1.807) is 0 Å². The molecule has 0 unspecified atom stereocenters. The molecule has 1 aromatic heterocycles. The molecule has 2 aliphatic rings. The molecule has 1 aromatic carbocycles. The maximum Gasteiger partial charge on any atom is 0.125 e. The summed E-state index contributed by atoms with van der Waals surface area (Å²) in [6.45, 7) is 2.82. The Labute approximate surface area is 140 Å². The van der Waals surface area contributed by atoms with E-state index in [0.29, 0.717) is 17.1 Å². The molecule has 1 fully saturated rings. The highest BCUT2D eigenvalue weighted by Gasteiger charge is 2.40. The van der Waals surface area contributed by atoms with E-state index in [2.05, 4.69) is 14.9 Å². The second-order valence-electron chi connectivity index (χ2n) is 6.18. The molecule has 0 N–H and O–H groups in total. The molecule has 22 heavy (non-hydrogen) atoms. The highest BCUT2D eigenvalue weighted by atomic mass is 35.5. The van der Waals surface area contributed by atoms with Gasteiger partial charge in [-0.15, -0.1) is 0 Å². The Morgan fingerprint density at radius 3 is 2.95 bits per heavy atom. The van der Waals surface area contributed by atoms with Crippen molar-refractivity contribution in [2.45, 2.75) is 44.8 Å². The number of aromatic nitrogens is 2. The molecule has 2 aromatic rings. The average Bonchev–Trinajstić information content (AvgIpc) is 2.75. The van der Waals surface area contributed by atoms with Crippen LogP contribution in [0.4, 0.5) is 0 Å². The minimum Gasteiger partial charge on any atom is -0.289 e. The number of hydrogen-bond acceptors (Lipinski definition) is 3. The lowest BCUT2D eigenvalue weighted by atomic mass is 9.98. The third kappa shape index (κ3) is 2.41. The van der Waals surface area contributed by atoms with Crippen LogP contribution in [0.3, 0.4) is 0 Å². The van der Waals surface area contributed by atoms with Gasteiger partial charge in [-0.1, -0.05) is 29.3 Å². The van der Waals surface area contributed by atoms with Crippen LogP contribution in [-0.4, -0.2) is 20.9 Å². The number of hydrogen-bond donors (Lipinski definition) is 0. The first-order valence-electron chi connectivity index (χ1n) is 7.64. The van der Waals surface area contributed by atoms with E-state index in [1.807, 2.05) is 31.3 Å². The van der Waals surface area contributed by atoms with Gasteiger partial charge < -0.3 is 0 Å². The van der Waals surface area contributed by atoms with E-state index in [0.717, 1.165) is 29.4 Å².